The molecule has 3 aliphatic heterocycles. The highest BCUT2D eigenvalue weighted by Gasteiger charge is 2.51. The number of carboxylic acid groups (broad SMARTS) is 1. The van der Waals surface area contributed by atoms with Crippen LogP contribution in [0.2, 0.25) is 0 Å². The Hall–Kier alpha value is -0.320. The zero-order valence-electron chi connectivity index (χ0n) is 18.7. The second-order valence-corrected chi connectivity index (χ2v) is 9.79. The van der Waals surface area contributed by atoms with Gasteiger partial charge in [0.1, 0.15) is 65.2 Å². The zero-order valence-corrected chi connectivity index (χ0v) is 20.8. The lowest BCUT2D eigenvalue weighted by molar-refractivity contribution is -0.345. The first-order chi connectivity index (χ1) is 16.4. The van der Waals surface area contributed by atoms with Gasteiger partial charge in [0.15, 0.2) is 18.7 Å². The molecule has 8 N–H and O–H groups in total. The highest BCUT2D eigenvalue weighted by atomic mass is 127. The van der Waals surface area contributed by atoms with E-state index in [9.17, 15) is 40.5 Å². The number of aliphatic carboxylic acids is 1. The number of rotatable bonds is 7. The Labute approximate surface area is 213 Å². The first kappa shape index (κ1) is 29.2. The Morgan fingerprint density at radius 1 is 0.800 bits per heavy atom. The largest absolute Gasteiger partial charge is 0.479 e. The lowest BCUT2D eigenvalue weighted by Crippen LogP contribution is -2.64. The molecule has 16 heteroatoms. The minimum atomic E-state index is -1.92. The molecule has 0 radical (unpaired) electrons. The Morgan fingerprint density at radius 2 is 1.40 bits per heavy atom. The monoisotopic (exact) mass is 626 g/mol. The molecule has 0 spiro atoms. The van der Waals surface area contributed by atoms with Crippen molar-refractivity contribution in [1.29, 1.82) is 0 Å². The summed E-state index contributed by atoms with van der Waals surface area (Å²) < 4.78 is 31.9. The van der Waals surface area contributed by atoms with Crippen LogP contribution in [0.1, 0.15) is 6.92 Å². The van der Waals surface area contributed by atoms with Crippen molar-refractivity contribution < 1.29 is 74.1 Å². The third-order valence-electron chi connectivity index (χ3n) is 6.21. The summed E-state index contributed by atoms with van der Waals surface area (Å²) in [5, 5.41) is 80.3. The van der Waals surface area contributed by atoms with E-state index in [0.29, 0.717) is 0 Å². The van der Waals surface area contributed by atoms with Crippen LogP contribution in [0.3, 0.4) is 0 Å². The molecule has 3 saturated heterocycles. The Kier molecular flexibility index (Phi) is 10.1. The molecule has 3 fully saturated rings. The van der Waals surface area contributed by atoms with Crippen molar-refractivity contribution in [3.05, 3.63) is 0 Å². The van der Waals surface area contributed by atoms with Crippen LogP contribution < -0.4 is 0 Å². The maximum atomic E-state index is 11.2. The highest BCUT2D eigenvalue weighted by molar-refractivity contribution is 14.1. The Balaban J connectivity index is 1.68. The molecule has 0 amide bonds. The van der Waals surface area contributed by atoms with Gasteiger partial charge in [0.25, 0.3) is 0 Å². The van der Waals surface area contributed by atoms with E-state index >= 15 is 0 Å². The summed E-state index contributed by atoms with van der Waals surface area (Å²) in [6.45, 7) is 1.04. The van der Waals surface area contributed by atoms with Crippen molar-refractivity contribution >= 4 is 28.6 Å². The van der Waals surface area contributed by atoms with Crippen LogP contribution in [0.15, 0.2) is 0 Å². The number of aliphatic hydroxyl groups excluding tert-OH is 7. The fourth-order valence-corrected chi connectivity index (χ4v) is 5.13. The third-order valence-corrected chi connectivity index (χ3v) is 7.22. The summed E-state index contributed by atoms with van der Waals surface area (Å²) in [4.78, 5) is 11.2. The number of hydrogen-bond donors (Lipinski definition) is 8. The summed E-state index contributed by atoms with van der Waals surface area (Å²) in [7, 11) is 1.35. The van der Waals surface area contributed by atoms with E-state index in [2.05, 4.69) is 0 Å². The molecular formula is C19H31IO15. The van der Waals surface area contributed by atoms with Gasteiger partial charge in [-0.25, -0.2) is 4.79 Å². The summed E-state index contributed by atoms with van der Waals surface area (Å²) in [6.07, 6.45) is -20.8. The van der Waals surface area contributed by atoms with Gasteiger partial charge >= 0.3 is 5.97 Å². The quantitative estimate of drug-likeness (QED) is 0.0985. The van der Waals surface area contributed by atoms with Gasteiger partial charge in [0, 0.05) is 7.11 Å². The average Bonchev–Trinajstić information content (AvgIpc) is 2.81. The SMILES string of the molecule is COC1[C@@H](O)C(C)O[C@@H](I)[C@H]1O[C@H]1OC(CO[C@H]2OC(C(=O)O)[C@@H](O)C(O)C2O)[C@@H](O)C(O)C1O. The standard InChI is InChI=1S/C19H31IO15/c1-4-6(21)13(30-2)15(16(20)32-4)35-19-12(27)8(23)7(22)5(33-19)3-31-18-11(26)9(24)10(25)14(34-18)17(28)29/h4-16,18-19,21-27H,3H2,1-2H3,(H,28,29)/t4?,5?,6-,7+,8?,9?,10-,11?,12?,13?,14?,15-,16+,18-,19+/m0/s1. The smallest absolute Gasteiger partial charge is 0.335 e. The molecule has 0 aromatic rings. The molecule has 35 heavy (non-hydrogen) atoms. The Morgan fingerprint density at radius 3 is 2.00 bits per heavy atom. The van der Waals surface area contributed by atoms with E-state index in [0.717, 1.165) is 0 Å². The van der Waals surface area contributed by atoms with Crippen LogP contribution in [0.4, 0.5) is 0 Å². The van der Waals surface area contributed by atoms with E-state index in [-0.39, 0.29) is 0 Å². The minimum absolute atomic E-state index is 0.571. The van der Waals surface area contributed by atoms with Gasteiger partial charge in [0.2, 0.25) is 0 Å². The molecule has 0 bridgehead atoms. The maximum Gasteiger partial charge on any atom is 0.335 e. The number of carboxylic acids is 1. The molecule has 0 aliphatic carbocycles. The Bertz CT molecular complexity index is 716. The second-order valence-electron chi connectivity index (χ2n) is 8.57. The van der Waals surface area contributed by atoms with Crippen molar-refractivity contribution in [3.8, 4) is 0 Å². The highest BCUT2D eigenvalue weighted by Crippen LogP contribution is 2.33. The minimum Gasteiger partial charge on any atom is -0.479 e. The molecular weight excluding hydrogens is 595 g/mol. The molecule has 204 valence electrons. The third kappa shape index (κ3) is 6.06. The van der Waals surface area contributed by atoms with E-state index in [4.69, 9.17) is 33.5 Å². The van der Waals surface area contributed by atoms with Crippen LogP contribution in [0, 0.1) is 0 Å². The number of aliphatic hydroxyl groups is 7. The van der Waals surface area contributed by atoms with E-state index < -0.39 is 103 Å². The predicted molar refractivity (Wildman–Crippen MR) is 117 cm³/mol. The molecule has 3 aliphatic rings. The van der Waals surface area contributed by atoms with E-state index in [1.54, 1.807) is 6.92 Å². The number of ether oxygens (including phenoxy) is 6. The van der Waals surface area contributed by atoms with Crippen LogP contribution >= 0.6 is 22.6 Å². The molecule has 0 aromatic heterocycles. The van der Waals surface area contributed by atoms with Gasteiger partial charge in [-0.2, -0.15) is 0 Å². The van der Waals surface area contributed by atoms with Crippen molar-refractivity contribution in [3.63, 3.8) is 0 Å². The van der Waals surface area contributed by atoms with Gasteiger partial charge in [0.05, 0.1) is 12.7 Å². The molecule has 0 aromatic carbocycles. The van der Waals surface area contributed by atoms with Gasteiger partial charge in [-0.15, -0.1) is 0 Å². The van der Waals surface area contributed by atoms with E-state index in [1.807, 2.05) is 22.6 Å². The fourth-order valence-electron chi connectivity index (χ4n) is 4.09. The summed E-state index contributed by atoms with van der Waals surface area (Å²) in [5.41, 5.74) is 0. The maximum absolute atomic E-state index is 11.2. The predicted octanol–water partition coefficient (Wildman–Crippen LogP) is -4.36. The average molecular weight is 626 g/mol. The van der Waals surface area contributed by atoms with Crippen LogP contribution in [-0.2, 0) is 33.2 Å². The lowest BCUT2D eigenvalue weighted by atomic mass is 9.97. The molecule has 0 saturated carbocycles. The molecule has 3 rings (SSSR count). The van der Waals surface area contributed by atoms with Crippen molar-refractivity contribution in [2.24, 2.45) is 0 Å². The number of halogens is 1. The fraction of sp³-hybridized carbons (Fsp3) is 0.947. The van der Waals surface area contributed by atoms with Gasteiger partial charge in [-0.05, 0) is 29.5 Å². The first-order valence-corrected chi connectivity index (χ1v) is 12.0. The molecule has 8 unspecified atom stereocenters. The zero-order chi connectivity index (χ0) is 26.2. The normalized spacial score (nSPS) is 51.2. The van der Waals surface area contributed by atoms with Crippen molar-refractivity contribution in [1.82, 2.24) is 0 Å². The van der Waals surface area contributed by atoms with Gasteiger partial charge in [-0.3, -0.25) is 0 Å². The lowest BCUT2D eigenvalue weighted by Gasteiger charge is -2.46. The van der Waals surface area contributed by atoms with E-state index in [1.165, 1.54) is 7.11 Å². The second kappa shape index (κ2) is 12.0. The van der Waals surface area contributed by atoms with Gasteiger partial charge in [-0.1, -0.05) is 0 Å². The topological polar surface area (TPSA) is 234 Å². The van der Waals surface area contributed by atoms with Crippen molar-refractivity contribution in [2.75, 3.05) is 13.7 Å². The molecule has 15 nitrogen and oxygen atoms in total. The van der Waals surface area contributed by atoms with Gasteiger partial charge < -0.3 is 69.3 Å². The number of alkyl halides is 1. The number of hydrogen-bond acceptors (Lipinski definition) is 14. The molecule has 3 heterocycles. The van der Waals surface area contributed by atoms with Crippen LogP contribution in [-0.4, -0.2) is 150 Å². The van der Waals surface area contributed by atoms with Crippen LogP contribution in [0.5, 0.6) is 0 Å². The summed E-state index contributed by atoms with van der Waals surface area (Å²) >= 11 is 1.91. The molecule has 15 atom stereocenters. The van der Waals surface area contributed by atoms with Crippen LogP contribution in [0.25, 0.3) is 0 Å². The first-order valence-electron chi connectivity index (χ1n) is 10.8. The van der Waals surface area contributed by atoms with Crippen molar-refractivity contribution in [2.45, 2.75) is 96.9 Å². The number of carbonyl (C=O) groups is 1. The number of methoxy groups -OCH3 is 1. The summed E-state index contributed by atoms with van der Waals surface area (Å²) in [6, 6.07) is 0. The summed E-state index contributed by atoms with van der Waals surface area (Å²) in [5.74, 6) is -1.61.